The Bertz CT molecular complexity index is 1050. The molecule has 1 aromatic carbocycles. The maximum Gasteiger partial charge on any atom is 0.242 e. The third-order valence-corrected chi connectivity index (χ3v) is 9.83. The number of nitrogens with one attached hydrogen (secondary N) is 1. The molecule has 0 radical (unpaired) electrons. The maximum absolute atomic E-state index is 13.3. The quantitative estimate of drug-likeness (QED) is 0.755. The first-order valence-corrected chi connectivity index (χ1v) is 12.7. The van der Waals surface area contributed by atoms with Crippen LogP contribution in [0.3, 0.4) is 0 Å². The van der Waals surface area contributed by atoms with Gasteiger partial charge in [-0.2, -0.15) is 0 Å². The molecule has 2 heterocycles. The summed E-state index contributed by atoms with van der Waals surface area (Å²) in [7, 11) is -3.45. The average molecular weight is 437 g/mol. The zero-order valence-corrected chi connectivity index (χ0v) is 18.4. The SMILES string of the molecule is CC(O)(C1CCCCC1)C1CNCc2c1c1cc(Cl)ccc1n2S(=O)(=O)C1CC1. The molecular formula is C22H29ClN2O3S. The second-order valence-electron chi connectivity index (χ2n) is 9.27. The molecule has 0 bridgehead atoms. The predicted octanol–water partition coefficient (Wildman–Crippen LogP) is 4.15. The van der Waals surface area contributed by atoms with E-state index in [2.05, 4.69) is 5.32 Å². The lowest BCUT2D eigenvalue weighted by Crippen LogP contribution is -2.48. The van der Waals surface area contributed by atoms with E-state index in [-0.39, 0.29) is 17.1 Å². The molecule has 0 amide bonds. The van der Waals surface area contributed by atoms with Crippen LogP contribution in [0, 0.1) is 5.92 Å². The first-order valence-electron chi connectivity index (χ1n) is 10.8. The Hall–Kier alpha value is -1.08. The van der Waals surface area contributed by atoms with E-state index >= 15 is 0 Å². The van der Waals surface area contributed by atoms with Crippen molar-refractivity contribution in [2.75, 3.05) is 6.54 Å². The third kappa shape index (κ3) is 3.14. The van der Waals surface area contributed by atoms with E-state index < -0.39 is 15.6 Å². The number of rotatable bonds is 4. The molecule has 1 aromatic heterocycles. The highest BCUT2D eigenvalue weighted by Gasteiger charge is 2.46. The molecule has 2 N–H and O–H groups in total. The van der Waals surface area contributed by atoms with Crippen molar-refractivity contribution >= 4 is 32.5 Å². The molecule has 2 saturated carbocycles. The monoisotopic (exact) mass is 436 g/mol. The van der Waals surface area contributed by atoms with Crippen molar-refractivity contribution in [3.05, 3.63) is 34.5 Å². The van der Waals surface area contributed by atoms with Gasteiger partial charge in [-0.3, -0.25) is 0 Å². The van der Waals surface area contributed by atoms with Crippen LogP contribution in [0.2, 0.25) is 5.02 Å². The minimum atomic E-state index is -3.45. The Balaban J connectivity index is 1.72. The first-order chi connectivity index (χ1) is 13.8. The van der Waals surface area contributed by atoms with E-state index in [1.807, 2.05) is 19.1 Å². The number of halogens is 1. The van der Waals surface area contributed by atoms with Crippen LogP contribution < -0.4 is 5.32 Å². The highest BCUT2D eigenvalue weighted by atomic mass is 35.5. The highest BCUT2D eigenvalue weighted by Crippen LogP contribution is 2.47. The average Bonchev–Trinajstić information content (AvgIpc) is 3.51. The van der Waals surface area contributed by atoms with Gasteiger partial charge in [0.2, 0.25) is 10.0 Å². The van der Waals surface area contributed by atoms with Crippen molar-refractivity contribution < 1.29 is 13.5 Å². The zero-order valence-electron chi connectivity index (χ0n) is 16.8. The lowest BCUT2D eigenvalue weighted by Gasteiger charge is -2.43. The number of hydrogen-bond donors (Lipinski definition) is 2. The van der Waals surface area contributed by atoms with Crippen molar-refractivity contribution in [2.24, 2.45) is 5.92 Å². The smallest absolute Gasteiger partial charge is 0.242 e. The lowest BCUT2D eigenvalue weighted by atomic mass is 9.68. The topological polar surface area (TPSA) is 71.3 Å². The molecule has 0 saturated heterocycles. The molecule has 29 heavy (non-hydrogen) atoms. The number of benzene rings is 1. The summed E-state index contributed by atoms with van der Waals surface area (Å²) in [5, 5.41) is 16.3. The summed E-state index contributed by atoms with van der Waals surface area (Å²) in [6.07, 6.45) is 7.03. The van der Waals surface area contributed by atoms with Gasteiger partial charge in [-0.05, 0) is 62.3 Å². The van der Waals surface area contributed by atoms with Crippen molar-refractivity contribution in [1.82, 2.24) is 9.29 Å². The summed E-state index contributed by atoms with van der Waals surface area (Å²) >= 11 is 6.33. The maximum atomic E-state index is 13.3. The summed E-state index contributed by atoms with van der Waals surface area (Å²) in [4.78, 5) is 0. The Labute approximate surface area is 177 Å². The summed E-state index contributed by atoms with van der Waals surface area (Å²) in [5.74, 6) is 0.0672. The van der Waals surface area contributed by atoms with Gasteiger partial charge in [0.05, 0.1) is 22.1 Å². The van der Waals surface area contributed by atoms with Crippen molar-refractivity contribution in [3.63, 3.8) is 0 Å². The highest BCUT2D eigenvalue weighted by molar-refractivity contribution is 7.91. The number of hydrogen-bond acceptors (Lipinski definition) is 4. The van der Waals surface area contributed by atoms with Gasteiger partial charge >= 0.3 is 0 Å². The Morgan fingerprint density at radius 2 is 1.90 bits per heavy atom. The second kappa shape index (κ2) is 6.98. The van der Waals surface area contributed by atoms with Crippen LogP contribution in [-0.4, -0.2) is 34.9 Å². The standard InChI is InChI=1S/C22H29ClN2O3S/c1-22(26,14-5-3-2-4-6-14)18-12-24-13-20-21(18)17-11-15(23)7-10-19(17)25(20)29(27,28)16-8-9-16/h7,10-11,14,16,18,24,26H,2-6,8-9,12-13H2,1H3. The van der Waals surface area contributed by atoms with E-state index in [0.29, 0.717) is 23.6 Å². The van der Waals surface area contributed by atoms with Crippen LogP contribution in [0.15, 0.2) is 18.2 Å². The molecule has 2 unspecified atom stereocenters. The molecule has 158 valence electrons. The molecule has 2 aromatic rings. The van der Waals surface area contributed by atoms with Gasteiger partial charge in [0.1, 0.15) is 0 Å². The van der Waals surface area contributed by atoms with Crippen LogP contribution in [-0.2, 0) is 16.6 Å². The zero-order chi connectivity index (χ0) is 20.4. The normalized spacial score (nSPS) is 25.7. The van der Waals surface area contributed by atoms with Gasteiger partial charge in [-0.1, -0.05) is 30.9 Å². The summed E-state index contributed by atoms with van der Waals surface area (Å²) < 4.78 is 28.2. The Kier molecular flexibility index (Phi) is 4.78. The molecule has 7 heteroatoms. The van der Waals surface area contributed by atoms with Crippen molar-refractivity contribution in [2.45, 2.75) is 75.2 Å². The van der Waals surface area contributed by atoms with Crippen LogP contribution in [0.4, 0.5) is 0 Å². The number of fused-ring (bicyclic) bond motifs is 3. The third-order valence-electron chi connectivity index (χ3n) is 7.35. The minimum absolute atomic E-state index is 0.161. The van der Waals surface area contributed by atoms with Gasteiger partial charge < -0.3 is 10.4 Å². The fourth-order valence-electron chi connectivity index (χ4n) is 5.58. The van der Waals surface area contributed by atoms with Crippen LogP contribution in [0.1, 0.15) is 69.0 Å². The predicted molar refractivity (Wildman–Crippen MR) is 116 cm³/mol. The molecule has 2 atom stereocenters. The van der Waals surface area contributed by atoms with E-state index in [4.69, 9.17) is 11.6 Å². The van der Waals surface area contributed by atoms with Gasteiger partial charge in [-0.25, -0.2) is 12.4 Å². The number of aliphatic hydroxyl groups is 1. The van der Waals surface area contributed by atoms with E-state index in [9.17, 15) is 13.5 Å². The van der Waals surface area contributed by atoms with E-state index in [0.717, 1.165) is 55.2 Å². The largest absolute Gasteiger partial charge is 0.389 e. The van der Waals surface area contributed by atoms with E-state index in [1.54, 1.807) is 10.0 Å². The van der Waals surface area contributed by atoms with Gasteiger partial charge in [-0.15, -0.1) is 0 Å². The fraction of sp³-hybridized carbons (Fsp3) is 0.636. The molecule has 2 fully saturated rings. The Morgan fingerprint density at radius 3 is 2.59 bits per heavy atom. The number of aromatic nitrogens is 1. The van der Waals surface area contributed by atoms with Gasteiger partial charge in [0.15, 0.2) is 0 Å². The van der Waals surface area contributed by atoms with Crippen molar-refractivity contribution in [3.8, 4) is 0 Å². The molecule has 5 nitrogen and oxygen atoms in total. The van der Waals surface area contributed by atoms with Crippen LogP contribution >= 0.6 is 11.6 Å². The van der Waals surface area contributed by atoms with Gasteiger partial charge in [0, 0.05) is 29.4 Å². The molecule has 0 spiro atoms. The van der Waals surface area contributed by atoms with Crippen molar-refractivity contribution in [1.29, 1.82) is 0 Å². The minimum Gasteiger partial charge on any atom is -0.389 e. The van der Waals surface area contributed by atoms with Crippen LogP contribution in [0.5, 0.6) is 0 Å². The van der Waals surface area contributed by atoms with Crippen LogP contribution in [0.25, 0.3) is 10.9 Å². The molecule has 3 aliphatic rings. The van der Waals surface area contributed by atoms with Gasteiger partial charge in [0.25, 0.3) is 0 Å². The molecule has 5 rings (SSSR count). The Morgan fingerprint density at radius 1 is 1.17 bits per heavy atom. The fourth-order valence-corrected chi connectivity index (χ4v) is 7.69. The lowest BCUT2D eigenvalue weighted by molar-refractivity contribution is -0.0413. The second-order valence-corrected chi connectivity index (χ2v) is 11.8. The number of nitrogens with zero attached hydrogens (tertiary/aromatic N) is 1. The van der Waals surface area contributed by atoms with E-state index in [1.165, 1.54) is 6.42 Å². The summed E-state index contributed by atoms with van der Waals surface area (Å²) in [5.41, 5.74) is 1.55. The summed E-state index contributed by atoms with van der Waals surface area (Å²) in [6.45, 7) is 3.09. The molecule has 1 aliphatic heterocycles. The summed E-state index contributed by atoms with van der Waals surface area (Å²) in [6, 6.07) is 5.46. The molecular weight excluding hydrogens is 408 g/mol. The first kappa shape index (κ1) is 19.9. The molecule has 2 aliphatic carbocycles.